The Morgan fingerprint density at radius 1 is 1.23 bits per heavy atom. The van der Waals surface area contributed by atoms with E-state index in [0.717, 1.165) is 19.5 Å². The molecule has 2 saturated heterocycles. The van der Waals surface area contributed by atoms with Crippen molar-refractivity contribution >= 4 is 5.91 Å². The Kier molecular flexibility index (Phi) is 5.05. The largest absolute Gasteiger partial charge is 0.454 e. The van der Waals surface area contributed by atoms with Crippen molar-refractivity contribution in [3.8, 4) is 0 Å². The van der Waals surface area contributed by atoms with Gasteiger partial charge in [-0.25, -0.2) is 0 Å². The molecule has 2 aromatic heterocycles. The van der Waals surface area contributed by atoms with E-state index in [1.807, 2.05) is 23.2 Å². The summed E-state index contributed by atoms with van der Waals surface area (Å²) in [6.07, 6.45) is 4.00. The van der Waals surface area contributed by atoms with E-state index < -0.39 is 6.10 Å². The number of hydrogen-bond donors (Lipinski definition) is 1. The number of aliphatic hydroxyl groups is 1. The van der Waals surface area contributed by atoms with Crippen LogP contribution in [-0.2, 0) is 11.3 Å². The molecule has 0 bridgehead atoms. The van der Waals surface area contributed by atoms with Crippen LogP contribution < -0.4 is 0 Å². The second kappa shape index (κ2) is 7.61. The van der Waals surface area contributed by atoms with E-state index in [1.54, 1.807) is 16.9 Å². The Morgan fingerprint density at radius 3 is 2.92 bits per heavy atom. The number of aliphatic hydroxyl groups excluding tert-OH is 1. The first-order valence-electron chi connectivity index (χ1n) is 9.06. The molecule has 4 heterocycles. The quantitative estimate of drug-likeness (QED) is 0.851. The first-order chi connectivity index (χ1) is 12.7. The minimum Gasteiger partial charge on any atom is -0.454 e. The molecule has 2 aliphatic rings. The van der Waals surface area contributed by atoms with Gasteiger partial charge < -0.3 is 19.2 Å². The number of carbonyl (C=O) groups is 1. The fourth-order valence-electron chi connectivity index (χ4n) is 3.64. The molecule has 0 radical (unpaired) electrons. The van der Waals surface area contributed by atoms with Crippen molar-refractivity contribution in [3.05, 3.63) is 42.1 Å². The third-order valence-electron chi connectivity index (χ3n) is 5.06. The highest BCUT2D eigenvalue weighted by Gasteiger charge is 2.33. The van der Waals surface area contributed by atoms with Crippen LogP contribution in [0, 0.1) is 0 Å². The van der Waals surface area contributed by atoms with Gasteiger partial charge in [0, 0.05) is 38.6 Å². The van der Waals surface area contributed by atoms with Crippen LogP contribution in [0.2, 0.25) is 0 Å². The van der Waals surface area contributed by atoms with Gasteiger partial charge in [0.15, 0.2) is 5.76 Å². The zero-order valence-electron chi connectivity index (χ0n) is 14.7. The van der Waals surface area contributed by atoms with Gasteiger partial charge in [-0.15, -0.1) is 0 Å². The lowest BCUT2D eigenvalue weighted by molar-refractivity contribution is 0.0697. The molecule has 26 heavy (non-hydrogen) atoms. The zero-order valence-corrected chi connectivity index (χ0v) is 14.7. The summed E-state index contributed by atoms with van der Waals surface area (Å²) < 4.78 is 12.8. The maximum absolute atomic E-state index is 12.8. The fraction of sp³-hybridized carbons (Fsp3) is 0.556. The smallest absolute Gasteiger partial charge is 0.289 e. The molecule has 2 aromatic rings. The van der Waals surface area contributed by atoms with Gasteiger partial charge in [0.1, 0.15) is 5.76 Å². The van der Waals surface area contributed by atoms with Gasteiger partial charge in [-0.3, -0.25) is 14.4 Å². The molecule has 0 aromatic carbocycles. The van der Waals surface area contributed by atoms with E-state index in [9.17, 15) is 9.90 Å². The Balaban J connectivity index is 1.37. The lowest BCUT2D eigenvalue weighted by Crippen LogP contribution is -2.45. The molecule has 8 heteroatoms. The predicted molar refractivity (Wildman–Crippen MR) is 92.7 cm³/mol. The highest BCUT2D eigenvalue weighted by molar-refractivity contribution is 5.91. The van der Waals surface area contributed by atoms with Crippen molar-refractivity contribution in [2.45, 2.75) is 25.1 Å². The number of furan rings is 1. The van der Waals surface area contributed by atoms with Crippen LogP contribution in [0.4, 0.5) is 0 Å². The standard InChI is InChI=1S/C18H24N4O4/c23-16-13-25-12-15(16)20-6-2-7-21(10-9-20)18(24)17-4-3-14(26-17)11-22-8-1-5-19-22/h1,3-5,8,15-16,23H,2,6-7,9-13H2/t15-,16-/m0/s1. The molecule has 2 atom stereocenters. The summed E-state index contributed by atoms with van der Waals surface area (Å²) >= 11 is 0. The highest BCUT2D eigenvalue weighted by atomic mass is 16.5. The lowest BCUT2D eigenvalue weighted by atomic mass is 10.2. The predicted octanol–water partition coefficient (Wildman–Crippen LogP) is 0.432. The second-order valence-corrected chi connectivity index (χ2v) is 6.82. The van der Waals surface area contributed by atoms with Gasteiger partial charge in [0.05, 0.1) is 31.9 Å². The van der Waals surface area contributed by atoms with Gasteiger partial charge >= 0.3 is 0 Å². The molecule has 0 saturated carbocycles. The van der Waals surface area contributed by atoms with Crippen LogP contribution in [0.15, 0.2) is 35.0 Å². The summed E-state index contributed by atoms with van der Waals surface area (Å²) in [4.78, 5) is 16.8. The van der Waals surface area contributed by atoms with E-state index in [4.69, 9.17) is 9.15 Å². The fourth-order valence-corrected chi connectivity index (χ4v) is 3.64. The number of amides is 1. The molecular formula is C18H24N4O4. The molecule has 0 spiro atoms. The maximum Gasteiger partial charge on any atom is 0.289 e. The molecule has 0 unspecified atom stereocenters. The zero-order chi connectivity index (χ0) is 17.9. The Morgan fingerprint density at radius 2 is 2.15 bits per heavy atom. The number of rotatable bonds is 4. The molecule has 1 amide bonds. The summed E-state index contributed by atoms with van der Waals surface area (Å²) in [5, 5.41) is 14.2. The average Bonchev–Trinajstić information content (AvgIpc) is 3.36. The Hall–Kier alpha value is -2.16. The van der Waals surface area contributed by atoms with Crippen LogP contribution in [0.25, 0.3) is 0 Å². The van der Waals surface area contributed by atoms with Crippen LogP contribution in [0.1, 0.15) is 22.7 Å². The summed E-state index contributed by atoms with van der Waals surface area (Å²) in [7, 11) is 0. The number of hydrogen-bond acceptors (Lipinski definition) is 6. The minimum atomic E-state index is -0.438. The number of carbonyl (C=O) groups excluding carboxylic acids is 1. The molecule has 2 aliphatic heterocycles. The first-order valence-corrected chi connectivity index (χ1v) is 9.06. The highest BCUT2D eigenvalue weighted by Crippen LogP contribution is 2.18. The molecule has 4 rings (SSSR count). The monoisotopic (exact) mass is 360 g/mol. The lowest BCUT2D eigenvalue weighted by Gasteiger charge is -2.28. The van der Waals surface area contributed by atoms with Gasteiger partial charge in [0.2, 0.25) is 0 Å². The van der Waals surface area contributed by atoms with E-state index >= 15 is 0 Å². The SMILES string of the molecule is O=C(c1ccc(Cn2cccn2)o1)N1CCCN([C@H]2COC[C@@H]2O)CC1. The van der Waals surface area contributed by atoms with Crippen LogP contribution in [-0.4, -0.2) is 82.1 Å². The number of aromatic nitrogens is 2. The summed E-state index contributed by atoms with van der Waals surface area (Å²) in [5.41, 5.74) is 0. The van der Waals surface area contributed by atoms with Crippen LogP contribution in [0.3, 0.4) is 0 Å². The normalized spacial score (nSPS) is 24.7. The molecular weight excluding hydrogens is 336 g/mol. The van der Waals surface area contributed by atoms with Gasteiger partial charge in [-0.2, -0.15) is 5.10 Å². The van der Waals surface area contributed by atoms with Crippen LogP contribution in [0.5, 0.6) is 0 Å². The first kappa shape index (κ1) is 17.3. The van der Waals surface area contributed by atoms with E-state index in [1.165, 1.54) is 0 Å². The average molecular weight is 360 g/mol. The minimum absolute atomic E-state index is 0.0364. The van der Waals surface area contributed by atoms with Crippen LogP contribution >= 0.6 is 0 Å². The third-order valence-corrected chi connectivity index (χ3v) is 5.06. The van der Waals surface area contributed by atoms with Crippen molar-refractivity contribution in [1.82, 2.24) is 19.6 Å². The summed E-state index contributed by atoms with van der Waals surface area (Å²) in [6.45, 7) is 4.37. The van der Waals surface area contributed by atoms with Crippen molar-refractivity contribution in [3.63, 3.8) is 0 Å². The number of nitrogens with zero attached hydrogens (tertiary/aromatic N) is 4. The van der Waals surface area contributed by atoms with E-state index in [-0.39, 0.29) is 11.9 Å². The topological polar surface area (TPSA) is 84.0 Å². The molecule has 0 aliphatic carbocycles. The van der Waals surface area contributed by atoms with Crippen molar-refractivity contribution < 1.29 is 19.1 Å². The number of ether oxygens (including phenoxy) is 1. The molecule has 2 fully saturated rings. The Bertz CT molecular complexity index is 729. The molecule has 1 N–H and O–H groups in total. The Labute approximate surface area is 151 Å². The summed E-state index contributed by atoms with van der Waals surface area (Å²) in [5.74, 6) is 0.992. The summed E-state index contributed by atoms with van der Waals surface area (Å²) in [6, 6.07) is 5.45. The van der Waals surface area contributed by atoms with Crippen molar-refractivity contribution in [2.24, 2.45) is 0 Å². The van der Waals surface area contributed by atoms with Gasteiger partial charge in [-0.1, -0.05) is 0 Å². The van der Waals surface area contributed by atoms with Gasteiger partial charge in [0.25, 0.3) is 5.91 Å². The van der Waals surface area contributed by atoms with E-state index in [2.05, 4.69) is 10.00 Å². The van der Waals surface area contributed by atoms with Crippen molar-refractivity contribution in [2.75, 3.05) is 39.4 Å². The second-order valence-electron chi connectivity index (χ2n) is 6.82. The van der Waals surface area contributed by atoms with Gasteiger partial charge in [-0.05, 0) is 24.6 Å². The molecule has 8 nitrogen and oxygen atoms in total. The maximum atomic E-state index is 12.8. The molecule has 140 valence electrons. The van der Waals surface area contributed by atoms with E-state index in [0.29, 0.717) is 44.4 Å². The van der Waals surface area contributed by atoms with Crippen molar-refractivity contribution in [1.29, 1.82) is 0 Å². The third kappa shape index (κ3) is 3.67.